The van der Waals surface area contributed by atoms with Gasteiger partial charge in [0.05, 0.1) is 12.1 Å². The maximum absolute atomic E-state index is 5.76. The average molecular weight is 285 g/mol. The maximum Gasteiger partial charge on any atom is 0.191 e. The number of rotatable bonds is 9. The van der Waals surface area contributed by atoms with Gasteiger partial charge in [0.15, 0.2) is 5.96 Å². The monoisotopic (exact) mass is 285 g/mol. The minimum Gasteiger partial charge on any atom is -0.385 e. The lowest BCUT2D eigenvalue weighted by molar-refractivity contribution is 0.0283. The van der Waals surface area contributed by atoms with Gasteiger partial charge in [-0.15, -0.1) is 0 Å². The predicted octanol–water partition coefficient (Wildman–Crippen LogP) is 1.93. The third-order valence-corrected chi connectivity index (χ3v) is 3.53. The molecule has 20 heavy (non-hydrogen) atoms. The second-order valence-corrected chi connectivity index (χ2v) is 5.58. The van der Waals surface area contributed by atoms with Gasteiger partial charge in [-0.05, 0) is 46.0 Å². The molecule has 5 heteroatoms. The molecule has 5 nitrogen and oxygen atoms in total. The van der Waals surface area contributed by atoms with Gasteiger partial charge in [0.1, 0.15) is 0 Å². The second-order valence-electron chi connectivity index (χ2n) is 5.58. The second kappa shape index (κ2) is 10.00. The summed E-state index contributed by atoms with van der Waals surface area (Å²) >= 11 is 0. The molecule has 0 amide bonds. The van der Waals surface area contributed by atoms with Crippen molar-refractivity contribution in [3.8, 4) is 0 Å². The largest absolute Gasteiger partial charge is 0.385 e. The molecule has 1 aliphatic rings. The van der Waals surface area contributed by atoms with Gasteiger partial charge in [-0.25, -0.2) is 0 Å². The van der Waals surface area contributed by atoms with Gasteiger partial charge < -0.3 is 20.1 Å². The molecule has 0 radical (unpaired) electrons. The highest BCUT2D eigenvalue weighted by Crippen LogP contribution is 2.24. The fourth-order valence-corrected chi connectivity index (χ4v) is 2.30. The summed E-state index contributed by atoms with van der Waals surface area (Å²) in [7, 11) is 1.75. The van der Waals surface area contributed by atoms with Crippen molar-refractivity contribution in [3.63, 3.8) is 0 Å². The zero-order valence-electron chi connectivity index (χ0n) is 13.3. The van der Waals surface area contributed by atoms with E-state index in [1.54, 1.807) is 7.11 Å². The summed E-state index contributed by atoms with van der Waals surface area (Å²) in [6, 6.07) is 0. The third-order valence-electron chi connectivity index (χ3n) is 3.53. The van der Waals surface area contributed by atoms with E-state index in [4.69, 9.17) is 9.47 Å². The number of ether oxygens (including phenoxy) is 2. The molecule has 118 valence electrons. The molecule has 0 aromatic carbocycles. The lowest BCUT2D eigenvalue weighted by Gasteiger charge is -2.21. The first-order valence-electron chi connectivity index (χ1n) is 7.85. The van der Waals surface area contributed by atoms with Gasteiger partial charge in [0.2, 0.25) is 0 Å². The Morgan fingerprint density at radius 2 is 2.15 bits per heavy atom. The van der Waals surface area contributed by atoms with E-state index >= 15 is 0 Å². The third kappa shape index (κ3) is 7.10. The zero-order valence-corrected chi connectivity index (χ0v) is 13.3. The summed E-state index contributed by atoms with van der Waals surface area (Å²) in [6.45, 7) is 8.52. The number of hydrogen-bond acceptors (Lipinski definition) is 3. The highest BCUT2D eigenvalue weighted by Gasteiger charge is 2.29. The molecule has 1 heterocycles. The quantitative estimate of drug-likeness (QED) is 0.386. The van der Waals surface area contributed by atoms with E-state index in [-0.39, 0.29) is 5.60 Å². The number of aliphatic imine (C=N–C) groups is 1. The Hall–Kier alpha value is -0.810. The van der Waals surface area contributed by atoms with E-state index in [2.05, 4.69) is 29.5 Å². The van der Waals surface area contributed by atoms with Gasteiger partial charge in [0, 0.05) is 33.4 Å². The van der Waals surface area contributed by atoms with Crippen molar-refractivity contribution in [1.82, 2.24) is 10.6 Å². The van der Waals surface area contributed by atoms with E-state index in [0.717, 1.165) is 64.5 Å². The first-order chi connectivity index (χ1) is 9.70. The molecule has 0 aliphatic carbocycles. The molecular weight excluding hydrogens is 254 g/mol. The Bertz CT molecular complexity index is 276. The Labute approximate surface area is 123 Å². The maximum atomic E-state index is 5.76. The number of nitrogens with zero attached hydrogens (tertiary/aromatic N) is 1. The lowest BCUT2D eigenvalue weighted by atomic mass is 10.0. The minimum atomic E-state index is -0.0686. The van der Waals surface area contributed by atoms with Crippen molar-refractivity contribution >= 4 is 5.96 Å². The van der Waals surface area contributed by atoms with Crippen LogP contribution in [0.4, 0.5) is 0 Å². The number of methoxy groups -OCH3 is 1. The lowest BCUT2D eigenvalue weighted by Crippen LogP contribution is -2.39. The standard InChI is InChI=1S/C15H31N3O2/c1-4-16-14(17-10-6-5-7-11-19-3)18-13-15(2)9-8-12-20-15/h4-13H2,1-3H3,(H2,16,17,18). The molecule has 1 atom stereocenters. The van der Waals surface area contributed by atoms with E-state index in [0.29, 0.717) is 0 Å². The van der Waals surface area contributed by atoms with Crippen LogP contribution in [-0.4, -0.2) is 51.5 Å². The van der Waals surface area contributed by atoms with Gasteiger partial charge in [0.25, 0.3) is 0 Å². The summed E-state index contributed by atoms with van der Waals surface area (Å²) < 4.78 is 10.8. The van der Waals surface area contributed by atoms with Crippen LogP contribution in [0.5, 0.6) is 0 Å². The summed E-state index contributed by atoms with van der Waals surface area (Å²) in [5, 5.41) is 6.67. The van der Waals surface area contributed by atoms with Crippen LogP contribution in [-0.2, 0) is 9.47 Å². The molecule has 1 rings (SSSR count). The molecule has 1 unspecified atom stereocenters. The molecule has 1 fully saturated rings. The number of guanidine groups is 1. The van der Waals surface area contributed by atoms with Crippen molar-refractivity contribution < 1.29 is 9.47 Å². The van der Waals surface area contributed by atoms with Crippen LogP contribution in [0.15, 0.2) is 4.99 Å². The number of unbranched alkanes of at least 4 members (excludes halogenated alkanes) is 2. The first kappa shape index (κ1) is 17.2. The van der Waals surface area contributed by atoms with Crippen LogP contribution in [0, 0.1) is 0 Å². The molecule has 0 aromatic rings. The van der Waals surface area contributed by atoms with Crippen molar-refractivity contribution in [2.24, 2.45) is 4.99 Å². The summed E-state index contributed by atoms with van der Waals surface area (Å²) in [4.78, 5) is 4.65. The SMILES string of the molecule is CCNC(=NCC1(C)CCCO1)NCCCCCOC. The molecule has 0 aromatic heterocycles. The van der Waals surface area contributed by atoms with E-state index in [9.17, 15) is 0 Å². The van der Waals surface area contributed by atoms with Crippen LogP contribution < -0.4 is 10.6 Å². The van der Waals surface area contributed by atoms with Crippen molar-refractivity contribution in [3.05, 3.63) is 0 Å². The van der Waals surface area contributed by atoms with E-state index in [1.165, 1.54) is 6.42 Å². The van der Waals surface area contributed by atoms with Crippen molar-refractivity contribution in [2.75, 3.05) is 40.0 Å². The van der Waals surface area contributed by atoms with Gasteiger partial charge >= 0.3 is 0 Å². The van der Waals surface area contributed by atoms with Gasteiger partial charge in [-0.3, -0.25) is 4.99 Å². The Morgan fingerprint density at radius 3 is 2.80 bits per heavy atom. The van der Waals surface area contributed by atoms with Crippen LogP contribution in [0.2, 0.25) is 0 Å². The van der Waals surface area contributed by atoms with E-state index in [1.807, 2.05) is 0 Å². The van der Waals surface area contributed by atoms with Crippen LogP contribution in [0.1, 0.15) is 46.0 Å². The summed E-state index contributed by atoms with van der Waals surface area (Å²) in [5.74, 6) is 0.899. The highest BCUT2D eigenvalue weighted by atomic mass is 16.5. The topological polar surface area (TPSA) is 54.9 Å². The molecule has 2 N–H and O–H groups in total. The number of hydrogen-bond donors (Lipinski definition) is 2. The fraction of sp³-hybridized carbons (Fsp3) is 0.933. The Balaban J connectivity index is 2.24. The zero-order chi connectivity index (χ0) is 14.7. The minimum absolute atomic E-state index is 0.0686. The van der Waals surface area contributed by atoms with Gasteiger partial charge in [-0.2, -0.15) is 0 Å². The Morgan fingerprint density at radius 1 is 1.30 bits per heavy atom. The number of nitrogens with one attached hydrogen (secondary N) is 2. The summed E-state index contributed by atoms with van der Waals surface area (Å²) in [6.07, 6.45) is 5.70. The molecule has 0 saturated carbocycles. The summed E-state index contributed by atoms with van der Waals surface area (Å²) in [5.41, 5.74) is -0.0686. The fourth-order valence-electron chi connectivity index (χ4n) is 2.30. The predicted molar refractivity (Wildman–Crippen MR) is 83.3 cm³/mol. The first-order valence-corrected chi connectivity index (χ1v) is 7.85. The Kier molecular flexibility index (Phi) is 8.62. The van der Waals surface area contributed by atoms with Crippen molar-refractivity contribution in [2.45, 2.75) is 51.6 Å². The normalized spacial score (nSPS) is 23.1. The highest BCUT2D eigenvalue weighted by molar-refractivity contribution is 5.79. The molecule has 0 spiro atoms. The van der Waals surface area contributed by atoms with Crippen LogP contribution >= 0.6 is 0 Å². The van der Waals surface area contributed by atoms with Crippen LogP contribution in [0.3, 0.4) is 0 Å². The molecular formula is C15H31N3O2. The van der Waals surface area contributed by atoms with E-state index < -0.39 is 0 Å². The smallest absolute Gasteiger partial charge is 0.191 e. The van der Waals surface area contributed by atoms with Crippen LogP contribution in [0.25, 0.3) is 0 Å². The molecule has 0 bridgehead atoms. The average Bonchev–Trinajstić information content (AvgIpc) is 2.87. The molecule has 1 saturated heterocycles. The van der Waals surface area contributed by atoms with Crippen molar-refractivity contribution in [1.29, 1.82) is 0 Å². The van der Waals surface area contributed by atoms with Gasteiger partial charge in [-0.1, -0.05) is 0 Å². The molecule has 1 aliphatic heterocycles.